The molecule has 3 rings (SSSR count). The number of nitrogens with zero attached hydrogens (tertiary/aromatic N) is 1. The number of halogens is 1. The van der Waals surface area contributed by atoms with Crippen molar-refractivity contribution in [2.45, 2.75) is 39.5 Å². The van der Waals surface area contributed by atoms with Gasteiger partial charge in [0.1, 0.15) is 0 Å². The van der Waals surface area contributed by atoms with Crippen molar-refractivity contribution in [3.05, 3.63) is 76.5 Å². The summed E-state index contributed by atoms with van der Waals surface area (Å²) in [5, 5.41) is 0. The van der Waals surface area contributed by atoms with Gasteiger partial charge >= 0.3 is 0 Å². The average Bonchev–Trinajstić information content (AvgIpc) is 2.93. The number of aromatic nitrogens is 1. The van der Waals surface area contributed by atoms with Crippen LogP contribution in [-0.2, 0) is 6.42 Å². The minimum absolute atomic E-state index is 1.10. The van der Waals surface area contributed by atoms with Crippen LogP contribution in [0.5, 0.6) is 0 Å². The number of unbranched alkanes of at least 4 members (excludes halogenated alkanes) is 2. The Bertz CT molecular complexity index is 802. The van der Waals surface area contributed by atoms with Crippen LogP contribution >= 0.6 is 15.9 Å². The fraction of sp³-hybridized carbons (Fsp3) is 0.273. The van der Waals surface area contributed by atoms with Gasteiger partial charge in [-0.1, -0.05) is 62.2 Å². The van der Waals surface area contributed by atoms with Gasteiger partial charge in [-0.25, -0.2) is 0 Å². The van der Waals surface area contributed by atoms with E-state index in [1.54, 1.807) is 0 Å². The molecule has 0 unspecified atom stereocenters. The van der Waals surface area contributed by atoms with E-state index >= 15 is 0 Å². The van der Waals surface area contributed by atoms with Gasteiger partial charge in [-0.05, 0) is 59.5 Å². The number of benzene rings is 2. The van der Waals surface area contributed by atoms with E-state index in [0.717, 1.165) is 10.9 Å². The maximum Gasteiger partial charge on any atom is 0.0597 e. The Morgan fingerprint density at radius 1 is 0.917 bits per heavy atom. The average molecular weight is 382 g/mol. The van der Waals surface area contributed by atoms with Crippen molar-refractivity contribution in [1.82, 2.24) is 4.57 Å². The Kier molecular flexibility index (Phi) is 5.57. The summed E-state index contributed by atoms with van der Waals surface area (Å²) >= 11 is 3.73. The van der Waals surface area contributed by atoms with Gasteiger partial charge in [0, 0.05) is 21.4 Å². The molecule has 0 atom stereocenters. The zero-order chi connectivity index (χ0) is 16.9. The van der Waals surface area contributed by atoms with Crippen LogP contribution in [0.2, 0.25) is 0 Å². The molecule has 3 aromatic rings. The third-order valence-electron chi connectivity index (χ3n) is 4.48. The SMILES string of the molecule is CCCCCc1c(-c2ccccc2)cc(C)n1-c1ccccc1Br. The van der Waals surface area contributed by atoms with Crippen LogP contribution < -0.4 is 0 Å². The van der Waals surface area contributed by atoms with Gasteiger partial charge < -0.3 is 4.57 Å². The normalized spacial score (nSPS) is 11.0. The van der Waals surface area contributed by atoms with Crippen molar-refractivity contribution in [1.29, 1.82) is 0 Å². The van der Waals surface area contributed by atoms with Crippen LogP contribution in [0.1, 0.15) is 37.6 Å². The van der Waals surface area contributed by atoms with E-state index in [1.807, 2.05) is 0 Å². The van der Waals surface area contributed by atoms with Crippen molar-refractivity contribution in [3.63, 3.8) is 0 Å². The van der Waals surface area contributed by atoms with E-state index < -0.39 is 0 Å². The second-order valence-corrected chi connectivity index (χ2v) is 7.11. The van der Waals surface area contributed by atoms with Gasteiger partial charge in [0.15, 0.2) is 0 Å². The van der Waals surface area contributed by atoms with E-state index in [0.29, 0.717) is 0 Å². The highest BCUT2D eigenvalue weighted by atomic mass is 79.9. The van der Waals surface area contributed by atoms with Crippen LogP contribution in [0.4, 0.5) is 0 Å². The second kappa shape index (κ2) is 7.85. The summed E-state index contributed by atoms with van der Waals surface area (Å²) in [7, 11) is 0. The van der Waals surface area contributed by atoms with Crippen LogP contribution in [0.3, 0.4) is 0 Å². The molecule has 0 amide bonds. The summed E-state index contributed by atoms with van der Waals surface area (Å²) in [4.78, 5) is 0. The Hall–Kier alpha value is -1.80. The molecule has 1 nitrogen and oxygen atoms in total. The standard InChI is InChI=1S/C22H24BrN/c1-3-4-6-14-21-19(18-11-7-5-8-12-18)16-17(2)24(21)22-15-10-9-13-20(22)23/h5,7-13,15-16H,3-4,6,14H2,1-2H3. The van der Waals surface area contributed by atoms with E-state index in [2.05, 4.69) is 95.0 Å². The lowest BCUT2D eigenvalue weighted by Gasteiger charge is -2.15. The number of aryl methyl sites for hydroxylation is 1. The quantitative estimate of drug-likeness (QED) is 0.407. The molecule has 0 saturated heterocycles. The number of para-hydroxylation sites is 1. The molecule has 124 valence electrons. The Morgan fingerprint density at radius 2 is 1.62 bits per heavy atom. The van der Waals surface area contributed by atoms with Crippen molar-refractivity contribution in [3.8, 4) is 16.8 Å². The molecule has 24 heavy (non-hydrogen) atoms. The summed E-state index contributed by atoms with van der Waals surface area (Å²) in [6, 6.07) is 21.6. The van der Waals surface area contributed by atoms with Crippen molar-refractivity contribution in [2.24, 2.45) is 0 Å². The van der Waals surface area contributed by atoms with Crippen molar-refractivity contribution < 1.29 is 0 Å². The van der Waals surface area contributed by atoms with Crippen molar-refractivity contribution in [2.75, 3.05) is 0 Å². The van der Waals surface area contributed by atoms with Gasteiger partial charge in [-0.3, -0.25) is 0 Å². The summed E-state index contributed by atoms with van der Waals surface area (Å²) in [5.41, 5.74) is 6.59. The van der Waals surface area contributed by atoms with E-state index in [9.17, 15) is 0 Å². The summed E-state index contributed by atoms with van der Waals surface area (Å²) in [5.74, 6) is 0. The monoisotopic (exact) mass is 381 g/mol. The molecule has 0 aliphatic heterocycles. The molecule has 1 heterocycles. The molecule has 0 radical (unpaired) electrons. The molecule has 0 N–H and O–H groups in total. The van der Waals surface area contributed by atoms with Gasteiger partial charge in [0.25, 0.3) is 0 Å². The lowest BCUT2D eigenvalue weighted by molar-refractivity contribution is 0.697. The smallest absolute Gasteiger partial charge is 0.0597 e. The number of hydrogen-bond acceptors (Lipinski definition) is 0. The third-order valence-corrected chi connectivity index (χ3v) is 5.15. The van der Waals surface area contributed by atoms with Crippen LogP contribution in [-0.4, -0.2) is 4.57 Å². The predicted octanol–water partition coefficient (Wildman–Crippen LogP) is 6.95. The predicted molar refractivity (Wildman–Crippen MR) is 107 cm³/mol. The molecule has 0 saturated carbocycles. The maximum atomic E-state index is 3.73. The summed E-state index contributed by atoms with van der Waals surface area (Å²) in [6.07, 6.45) is 4.85. The molecule has 0 bridgehead atoms. The Morgan fingerprint density at radius 3 is 2.33 bits per heavy atom. The van der Waals surface area contributed by atoms with E-state index in [4.69, 9.17) is 0 Å². The fourth-order valence-corrected chi connectivity index (χ4v) is 3.78. The van der Waals surface area contributed by atoms with Gasteiger partial charge in [0.05, 0.1) is 5.69 Å². The van der Waals surface area contributed by atoms with Crippen LogP contribution in [0.25, 0.3) is 16.8 Å². The maximum absolute atomic E-state index is 3.73. The molecule has 1 aromatic heterocycles. The minimum Gasteiger partial charge on any atom is -0.316 e. The molecule has 2 heteroatoms. The molecule has 0 aliphatic carbocycles. The highest BCUT2D eigenvalue weighted by molar-refractivity contribution is 9.10. The largest absolute Gasteiger partial charge is 0.316 e. The van der Waals surface area contributed by atoms with Crippen LogP contribution in [0.15, 0.2) is 65.1 Å². The first-order valence-corrected chi connectivity index (χ1v) is 9.53. The zero-order valence-corrected chi connectivity index (χ0v) is 16.0. The highest BCUT2D eigenvalue weighted by Crippen LogP contribution is 2.33. The van der Waals surface area contributed by atoms with Gasteiger partial charge in [-0.15, -0.1) is 0 Å². The molecule has 0 spiro atoms. The van der Waals surface area contributed by atoms with Crippen LogP contribution in [0, 0.1) is 6.92 Å². The topological polar surface area (TPSA) is 4.93 Å². The van der Waals surface area contributed by atoms with Gasteiger partial charge in [0.2, 0.25) is 0 Å². The molecule has 2 aromatic carbocycles. The molecular formula is C22H24BrN. The summed E-state index contributed by atoms with van der Waals surface area (Å²) in [6.45, 7) is 4.46. The fourth-order valence-electron chi connectivity index (χ4n) is 3.32. The third kappa shape index (κ3) is 3.49. The number of hydrogen-bond donors (Lipinski definition) is 0. The minimum atomic E-state index is 1.10. The first-order chi connectivity index (χ1) is 11.7. The Labute approximate surface area is 153 Å². The summed E-state index contributed by atoms with van der Waals surface area (Å²) < 4.78 is 3.56. The first-order valence-electron chi connectivity index (χ1n) is 8.74. The highest BCUT2D eigenvalue weighted by Gasteiger charge is 2.16. The van der Waals surface area contributed by atoms with Crippen molar-refractivity contribution >= 4 is 15.9 Å². The molecular weight excluding hydrogens is 358 g/mol. The molecule has 0 fully saturated rings. The second-order valence-electron chi connectivity index (χ2n) is 6.26. The number of rotatable bonds is 6. The first kappa shape index (κ1) is 17.0. The zero-order valence-electron chi connectivity index (χ0n) is 14.4. The molecule has 0 aliphatic rings. The van der Waals surface area contributed by atoms with E-state index in [-0.39, 0.29) is 0 Å². The van der Waals surface area contributed by atoms with E-state index in [1.165, 1.54) is 47.5 Å². The lowest BCUT2D eigenvalue weighted by Crippen LogP contribution is -2.04. The Balaban J connectivity index is 2.14. The van der Waals surface area contributed by atoms with Gasteiger partial charge in [-0.2, -0.15) is 0 Å². The lowest BCUT2D eigenvalue weighted by atomic mass is 10.0.